The third-order valence-corrected chi connectivity index (χ3v) is 3.44. The second-order valence-corrected chi connectivity index (χ2v) is 5.25. The number of amides is 1. The average Bonchev–Trinajstić information content (AvgIpc) is 2.63. The molecule has 0 saturated heterocycles. The van der Waals surface area contributed by atoms with Crippen molar-refractivity contribution >= 4 is 5.91 Å². The van der Waals surface area contributed by atoms with Crippen LogP contribution in [0.3, 0.4) is 0 Å². The smallest absolute Gasteiger partial charge is 0.251 e. The molecule has 1 N–H and O–H groups in total. The van der Waals surface area contributed by atoms with Gasteiger partial charge in [-0.15, -0.1) is 0 Å². The molecule has 4 heteroatoms. The summed E-state index contributed by atoms with van der Waals surface area (Å²) in [6.07, 6.45) is 0. The van der Waals surface area contributed by atoms with E-state index in [0.717, 1.165) is 5.56 Å². The highest BCUT2D eigenvalue weighted by molar-refractivity contribution is 5.94. The highest BCUT2D eigenvalue weighted by atomic mass is 19.1. The van der Waals surface area contributed by atoms with Crippen molar-refractivity contribution < 1.29 is 13.9 Å². The van der Waals surface area contributed by atoms with Gasteiger partial charge in [0, 0.05) is 12.1 Å². The van der Waals surface area contributed by atoms with E-state index in [1.807, 2.05) is 42.5 Å². The third-order valence-electron chi connectivity index (χ3n) is 3.44. The minimum atomic E-state index is -0.306. The zero-order chi connectivity index (χ0) is 16.8. The maximum absolute atomic E-state index is 12.9. The zero-order valence-electron chi connectivity index (χ0n) is 12.9. The fraction of sp³-hybridized carbons (Fsp3) is 0.0500. The summed E-state index contributed by atoms with van der Waals surface area (Å²) in [6.45, 7) is 0.397. The van der Waals surface area contributed by atoms with Crippen molar-refractivity contribution in [2.24, 2.45) is 0 Å². The van der Waals surface area contributed by atoms with E-state index in [-0.39, 0.29) is 11.7 Å². The summed E-state index contributed by atoms with van der Waals surface area (Å²) < 4.78 is 18.6. The molecule has 0 heterocycles. The van der Waals surface area contributed by atoms with E-state index in [2.05, 4.69) is 5.32 Å². The summed E-state index contributed by atoms with van der Waals surface area (Å²) in [7, 11) is 0. The normalized spacial score (nSPS) is 10.2. The van der Waals surface area contributed by atoms with Gasteiger partial charge in [-0.2, -0.15) is 0 Å². The van der Waals surface area contributed by atoms with Crippen molar-refractivity contribution in [3.8, 4) is 11.5 Å². The zero-order valence-corrected chi connectivity index (χ0v) is 12.9. The molecular weight excluding hydrogens is 305 g/mol. The van der Waals surface area contributed by atoms with E-state index >= 15 is 0 Å². The predicted molar refractivity (Wildman–Crippen MR) is 90.5 cm³/mol. The van der Waals surface area contributed by atoms with Crippen LogP contribution < -0.4 is 10.1 Å². The monoisotopic (exact) mass is 321 g/mol. The molecule has 3 aromatic carbocycles. The lowest BCUT2D eigenvalue weighted by molar-refractivity contribution is 0.0951. The number of hydrogen-bond donors (Lipinski definition) is 1. The second kappa shape index (κ2) is 7.42. The Balaban J connectivity index is 1.63. The van der Waals surface area contributed by atoms with Gasteiger partial charge in [0.2, 0.25) is 0 Å². The van der Waals surface area contributed by atoms with Crippen LogP contribution in [0, 0.1) is 5.82 Å². The van der Waals surface area contributed by atoms with Crippen molar-refractivity contribution in [2.45, 2.75) is 6.54 Å². The largest absolute Gasteiger partial charge is 0.457 e. The fourth-order valence-corrected chi connectivity index (χ4v) is 2.23. The van der Waals surface area contributed by atoms with Crippen LogP contribution in [0.15, 0.2) is 78.9 Å². The van der Waals surface area contributed by atoms with Crippen molar-refractivity contribution in [2.75, 3.05) is 0 Å². The van der Waals surface area contributed by atoms with E-state index in [4.69, 9.17) is 4.74 Å². The first-order valence-corrected chi connectivity index (χ1v) is 7.56. The molecule has 3 nitrogen and oxygen atoms in total. The minimum Gasteiger partial charge on any atom is -0.457 e. The van der Waals surface area contributed by atoms with Gasteiger partial charge in [0.05, 0.1) is 0 Å². The summed E-state index contributed by atoms with van der Waals surface area (Å²) >= 11 is 0. The SMILES string of the molecule is O=C(NCc1cccc(Oc2ccc(F)cc2)c1)c1ccccc1. The molecule has 0 atom stereocenters. The maximum atomic E-state index is 12.9. The van der Waals surface area contributed by atoms with Gasteiger partial charge in [-0.3, -0.25) is 4.79 Å². The Morgan fingerprint density at radius 3 is 2.38 bits per heavy atom. The summed E-state index contributed by atoms with van der Waals surface area (Å²) in [5.74, 6) is 0.759. The van der Waals surface area contributed by atoms with Crippen LogP contribution in [0.2, 0.25) is 0 Å². The standard InChI is InChI=1S/C20H16FNO2/c21-17-9-11-18(12-10-17)24-19-8-4-5-15(13-19)14-22-20(23)16-6-2-1-3-7-16/h1-13H,14H2,(H,22,23). The number of nitrogens with one attached hydrogen (secondary N) is 1. The highest BCUT2D eigenvalue weighted by Crippen LogP contribution is 2.22. The number of carbonyl (C=O) groups excluding carboxylic acids is 1. The first kappa shape index (κ1) is 15.7. The number of carbonyl (C=O) groups is 1. The fourth-order valence-electron chi connectivity index (χ4n) is 2.23. The maximum Gasteiger partial charge on any atom is 0.251 e. The molecule has 3 rings (SSSR count). The predicted octanol–water partition coefficient (Wildman–Crippen LogP) is 4.55. The Morgan fingerprint density at radius 1 is 0.875 bits per heavy atom. The lowest BCUT2D eigenvalue weighted by Crippen LogP contribution is -2.22. The number of benzene rings is 3. The number of rotatable bonds is 5. The number of hydrogen-bond acceptors (Lipinski definition) is 2. The van der Waals surface area contributed by atoms with Gasteiger partial charge in [0.1, 0.15) is 17.3 Å². The van der Waals surface area contributed by atoms with E-state index < -0.39 is 0 Å². The van der Waals surface area contributed by atoms with E-state index in [1.165, 1.54) is 12.1 Å². The summed E-state index contributed by atoms with van der Waals surface area (Å²) in [4.78, 5) is 12.0. The summed E-state index contributed by atoms with van der Waals surface area (Å²) in [6, 6.07) is 22.3. The van der Waals surface area contributed by atoms with Crippen LogP contribution in [0.4, 0.5) is 4.39 Å². The van der Waals surface area contributed by atoms with Crippen LogP contribution in [0.5, 0.6) is 11.5 Å². The number of ether oxygens (including phenoxy) is 1. The highest BCUT2D eigenvalue weighted by Gasteiger charge is 2.05. The molecule has 1 amide bonds. The molecule has 0 aromatic heterocycles. The summed E-state index contributed by atoms with van der Waals surface area (Å²) in [5.41, 5.74) is 1.54. The molecule has 120 valence electrons. The van der Waals surface area contributed by atoms with Gasteiger partial charge in [0.15, 0.2) is 0 Å². The molecule has 0 unspecified atom stereocenters. The number of halogens is 1. The van der Waals surface area contributed by atoms with Gasteiger partial charge >= 0.3 is 0 Å². The van der Waals surface area contributed by atoms with Crippen molar-refractivity contribution in [3.05, 3.63) is 95.8 Å². The molecule has 0 bridgehead atoms. The Hall–Kier alpha value is -3.14. The van der Waals surface area contributed by atoms with Crippen molar-refractivity contribution in [1.82, 2.24) is 5.32 Å². The lowest BCUT2D eigenvalue weighted by Gasteiger charge is -2.09. The molecule has 0 saturated carbocycles. The molecular formula is C20H16FNO2. The minimum absolute atomic E-state index is 0.125. The lowest BCUT2D eigenvalue weighted by atomic mass is 10.2. The van der Waals surface area contributed by atoms with E-state index in [9.17, 15) is 9.18 Å². The molecule has 3 aromatic rings. The van der Waals surface area contributed by atoms with Crippen LogP contribution >= 0.6 is 0 Å². The Kier molecular flexibility index (Phi) is 4.87. The Morgan fingerprint density at radius 2 is 1.62 bits per heavy atom. The van der Waals surface area contributed by atoms with Crippen molar-refractivity contribution in [3.63, 3.8) is 0 Å². The molecule has 24 heavy (non-hydrogen) atoms. The first-order chi connectivity index (χ1) is 11.7. The Bertz CT molecular complexity index is 817. The molecule has 0 aliphatic rings. The van der Waals surface area contributed by atoms with Crippen molar-refractivity contribution in [1.29, 1.82) is 0 Å². The van der Waals surface area contributed by atoms with Gasteiger partial charge < -0.3 is 10.1 Å². The van der Waals surface area contributed by atoms with Crippen LogP contribution in [0.25, 0.3) is 0 Å². The topological polar surface area (TPSA) is 38.3 Å². The van der Waals surface area contributed by atoms with Gasteiger partial charge in [-0.1, -0.05) is 30.3 Å². The van der Waals surface area contributed by atoms with Gasteiger partial charge in [0.25, 0.3) is 5.91 Å². The quantitative estimate of drug-likeness (QED) is 0.749. The van der Waals surface area contributed by atoms with E-state index in [1.54, 1.807) is 24.3 Å². The second-order valence-electron chi connectivity index (χ2n) is 5.25. The third kappa shape index (κ3) is 4.20. The van der Waals surface area contributed by atoms with Gasteiger partial charge in [-0.05, 0) is 54.1 Å². The average molecular weight is 321 g/mol. The molecule has 0 spiro atoms. The first-order valence-electron chi connectivity index (χ1n) is 7.56. The van der Waals surface area contributed by atoms with Gasteiger partial charge in [-0.25, -0.2) is 4.39 Å². The van der Waals surface area contributed by atoms with Crippen LogP contribution in [-0.4, -0.2) is 5.91 Å². The van der Waals surface area contributed by atoms with Crippen LogP contribution in [-0.2, 0) is 6.54 Å². The van der Waals surface area contributed by atoms with E-state index in [0.29, 0.717) is 23.6 Å². The molecule has 0 aliphatic carbocycles. The molecule has 0 fully saturated rings. The Labute approximate surface area is 139 Å². The molecule has 0 radical (unpaired) electrons. The molecule has 0 aliphatic heterocycles. The van der Waals surface area contributed by atoms with Crippen LogP contribution in [0.1, 0.15) is 15.9 Å². The summed E-state index contributed by atoms with van der Waals surface area (Å²) in [5, 5.41) is 2.87.